The van der Waals surface area contributed by atoms with E-state index < -0.39 is 0 Å². The first kappa shape index (κ1) is 11.2. The molecule has 0 unspecified atom stereocenters. The maximum atomic E-state index is 6.10. The SMILES string of the molecule is Cn1cncc1CCCc1ccccc1Cl. The molecule has 16 heavy (non-hydrogen) atoms. The van der Waals surface area contributed by atoms with Gasteiger partial charge < -0.3 is 4.57 Å². The fraction of sp³-hybridized carbons (Fsp3) is 0.308. The Kier molecular flexibility index (Phi) is 3.62. The lowest BCUT2D eigenvalue weighted by atomic mass is 10.1. The van der Waals surface area contributed by atoms with Crippen molar-refractivity contribution in [2.75, 3.05) is 0 Å². The zero-order valence-electron chi connectivity index (χ0n) is 9.36. The van der Waals surface area contributed by atoms with Crippen molar-refractivity contribution in [3.63, 3.8) is 0 Å². The first-order valence-electron chi connectivity index (χ1n) is 5.46. The van der Waals surface area contributed by atoms with Crippen LogP contribution in [0.4, 0.5) is 0 Å². The van der Waals surface area contributed by atoms with Crippen LogP contribution in [0.25, 0.3) is 0 Å². The first-order chi connectivity index (χ1) is 7.77. The van der Waals surface area contributed by atoms with E-state index in [1.165, 1.54) is 11.3 Å². The van der Waals surface area contributed by atoms with Crippen molar-refractivity contribution in [1.82, 2.24) is 9.55 Å². The van der Waals surface area contributed by atoms with Gasteiger partial charge in [0.1, 0.15) is 0 Å². The van der Waals surface area contributed by atoms with Gasteiger partial charge in [-0.15, -0.1) is 0 Å². The van der Waals surface area contributed by atoms with Gasteiger partial charge in [0.05, 0.1) is 6.33 Å². The minimum atomic E-state index is 0.868. The Morgan fingerprint density at radius 3 is 2.75 bits per heavy atom. The molecule has 0 fully saturated rings. The molecule has 2 rings (SSSR count). The van der Waals surface area contributed by atoms with Crippen molar-refractivity contribution in [2.45, 2.75) is 19.3 Å². The molecule has 1 aromatic heterocycles. The lowest BCUT2D eigenvalue weighted by Crippen LogP contribution is -1.96. The van der Waals surface area contributed by atoms with Crippen LogP contribution in [0, 0.1) is 0 Å². The molecule has 3 heteroatoms. The number of imidazole rings is 1. The van der Waals surface area contributed by atoms with E-state index in [0.717, 1.165) is 24.3 Å². The molecule has 0 radical (unpaired) electrons. The van der Waals surface area contributed by atoms with E-state index >= 15 is 0 Å². The van der Waals surface area contributed by atoms with Crippen LogP contribution in [0.1, 0.15) is 17.7 Å². The highest BCUT2D eigenvalue weighted by Crippen LogP contribution is 2.17. The molecular weight excluding hydrogens is 220 g/mol. The maximum Gasteiger partial charge on any atom is 0.0945 e. The van der Waals surface area contributed by atoms with E-state index in [9.17, 15) is 0 Å². The number of hydrogen-bond donors (Lipinski definition) is 0. The predicted molar refractivity (Wildman–Crippen MR) is 66.7 cm³/mol. The fourth-order valence-corrected chi connectivity index (χ4v) is 2.02. The highest BCUT2D eigenvalue weighted by Gasteiger charge is 2.01. The summed E-state index contributed by atoms with van der Waals surface area (Å²) in [6.45, 7) is 0. The number of aryl methyl sites for hydroxylation is 3. The Bertz CT molecular complexity index is 462. The van der Waals surface area contributed by atoms with Crippen LogP contribution in [0.5, 0.6) is 0 Å². The quantitative estimate of drug-likeness (QED) is 0.794. The Morgan fingerprint density at radius 2 is 2.06 bits per heavy atom. The van der Waals surface area contributed by atoms with Gasteiger partial charge in [0.25, 0.3) is 0 Å². The highest BCUT2D eigenvalue weighted by atomic mass is 35.5. The second-order valence-electron chi connectivity index (χ2n) is 3.94. The molecule has 0 aliphatic heterocycles. The van der Waals surface area contributed by atoms with Crippen molar-refractivity contribution < 1.29 is 0 Å². The monoisotopic (exact) mass is 234 g/mol. The molecule has 1 aromatic carbocycles. The van der Waals surface area contributed by atoms with Crippen molar-refractivity contribution in [3.8, 4) is 0 Å². The molecule has 0 spiro atoms. The van der Waals surface area contributed by atoms with E-state index in [1.54, 1.807) is 0 Å². The van der Waals surface area contributed by atoms with Crippen LogP contribution < -0.4 is 0 Å². The summed E-state index contributed by atoms with van der Waals surface area (Å²) in [5.74, 6) is 0. The van der Waals surface area contributed by atoms with Gasteiger partial charge in [-0.25, -0.2) is 4.98 Å². The third kappa shape index (κ3) is 2.64. The molecule has 0 saturated heterocycles. The average Bonchev–Trinajstić information content (AvgIpc) is 2.67. The summed E-state index contributed by atoms with van der Waals surface area (Å²) in [5, 5.41) is 0.868. The van der Waals surface area contributed by atoms with E-state index in [1.807, 2.05) is 37.8 Å². The number of halogens is 1. The van der Waals surface area contributed by atoms with Crippen molar-refractivity contribution in [3.05, 3.63) is 53.1 Å². The number of benzene rings is 1. The maximum absolute atomic E-state index is 6.10. The highest BCUT2D eigenvalue weighted by molar-refractivity contribution is 6.31. The van der Waals surface area contributed by atoms with Gasteiger partial charge in [-0.05, 0) is 30.9 Å². The normalized spacial score (nSPS) is 10.6. The van der Waals surface area contributed by atoms with E-state index in [-0.39, 0.29) is 0 Å². The summed E-state index contributed by atoms with van der Waals surface area (Å²) >= 11 is 6.10. The summed E-state index contributed by atoms with van der Waals surface area (Å²) < 4.78 is 2.06. The fourth-order valence-electron chi connectivity index (χ4n) is 1.79. The number of aromatic nitrogens is 2. The van der Waals surface area contributed by atoms with Gasteiger partial charge in [0, 0.05) is 24.0 Å². The summed E-state index contributed by atoms with van der Waals surface area (Å²) in [4.78, 5) is 4.10. The zero-order chi connectivity index (χ0) is 11.4. The van der Waals surface area contributed by atoms with Crippen LogP contribution in [0.15, 0.2) is 36.8 Å². The van der Waals surface area contributed by atoms with Crippen LogP contribution in [-0.4, -0.2) is 9.55 Å². The number of hydrogen-bond acceptors (Lipinski definition) is 1. The first-order valence-corrected chi connectivity index (χ1v) is 5.84. The molecular formula is C13H15ClN2. The van der Waals surface area contributed by atoms with Crippen LogP contribution in [0.3, 0.4) is 0 Å². The summed E-state index contributed by atoms with van der Waals surface area (Å²) in [7, 11) is 2.03. The van der Waals surface area contributed by atoms with Crippen LogP contribution in [0.2, 0.25) is 5.02 Å². The Labute approximate surface area is 101 Å². The third-order valence-electron chi connectivity index (χ3n) is 2.75. The minimum Gasteiger partial charge on any atom is -0.338 e. The van der Waals surface area contributed by atoms with Crippen LogP contribution in [-0.2, 0) is 19.9 Å². The standard InChI is InChI=1S/C13H15ClN2/c1-16-10-15-9-12(16)7-4-6-11-5-2-3-8-13(11)14/h2-3,5,8-10H,4,6-7H2,1H3. The molecule has 0 amide bonds. The molecule has 2 aromatic rings. The number of nitrogens with zero attached hydrogens (tertiary/aromatic N) is 2. The molecule has 0 aliphatic carbocycles. The molecule has 0 bridgehead atoms. The van der Waals surface area contributed by atoms with Crippen molar-refractivity contribution in [1.29, 1.82) is 0 Å². The number of rotatable bonds is 4. The smallest absolute Gasteiger partial charge is 0.0945 e. The molecule has 84 valence electrons. The average molecular weight is 235 g/mol. The Balaban J connectivity index is 1.89. The summed E-state index contributed by atoms with van der Waals surface area (Å²) in [5.41, 5.74) is 2.50. The predicted octanol–water partition coefficient (Wildman–Crippen LogP) is 3.25. The van der Waals surface area contributed by atoms with Crippen molar-refractivity contribution in [2.24, 2.45) is 7.05 Å². The largest absolute Gasteiger partial charge is 0.338 e. The second-order valence-corrected chi connectivity index (χ2v) is 4.35. The third-order valence-corrected chi connectivity index (χ3v) is 3.12. The lowest BCUT2D eigenvalue weighted by Gasteiger charge is -2.04. The van der Waals surface area contributed by atoms with E-state index in [0.29, 0.717) is 0 Å². The molecule has 2 nitrogen and oxygen atoms in total. The zero-order valence-corrected chi connectivity index (χ0v) is 10.1. The van der Waals surface area contributed by atoms with Gasteiger partial charge in [0.15, 0.2) is 0 Å². The van der Waals surface area contributed by atoms with Gasteiger partial charge in [0.2, 0.25) is 0 Å². The Hall–Kier alpha value is -1.28. The topological polar surface area (TPSA) is 17.8 Å². The molecule has 0 N–H and O–H groups in total. The van der Waals surface area contributed by atoms with E-state index in [2.05, 4.69) is 15.6 Å². The van der Waals surface area contributed by atoms with Crippen LogP contribution >= 0.6 is 11.6 Å². The lowest BCUT2D eigenvalue weighted by molar-refractivity contribution is 0.746. The van der Waals surface area contributed by atoms with Crippen molar-refractivity contribution >= 4 is 11.6 Å². The van der Waals surface area contributed by atoms with E-state index in [4.69, 9.17) is 11.6 Å². The van der Waals surface area contributed by atoms with Gasteiger partial charge in [-0.3, -0.25) is 0 Å². The second kappa shape index (κ2) is 5.17. The molecule has 1 heterocycles. The molecule has 0 saturated carbocycles. The van der Waals surface area contributed by atoms with Gasteiger partial charge in [-0.1, -0.05) is 29.8 Å². The van der Waals surface area contributed by atoms with Gasteiger partial charge >= 0.3 is 0 Å². The Morgan fingerprint density at radius 1 is 1.25 bits per heavy atom. The molecule has 0 aliphatic rings. The summed E-state index contributed by atoms with van der Waals surface area (Å²) in [6.07, 6.45) is 6.92. The summed E-state index contributed by atoms with van der Waals surface area (Å²) in [6, 6.07) is 8.03. The molecule has 0 atom stereocenters. The minimum absolute atomic E-state index is 0.868. The van der Waals surface area contributed by atoms with Gasteiger partial charge in [-0.2, -0.15) is 0 Å².